The predicted octanol–water partition coefficient (Wildman–Crippen LogP) is 1.10. The smallest absolute Gasteiger partial charge is 0.0558 e. The second kappa shape index (κ2) is 6.95. The van der Waals surface area contributed by atoms with E-state index in [0.717, 1.165) is 13.0 Å². The summed E-state index contributed by atoms with van der Waals surface area (Å²) in [5.41, 5.74) is 1.36. The van der Waals surface area contributed by atoms with Crippen LogP contribution < -0.4 is 0 Å². The highest BCUT2D eigenvalue weighted by molar-refractivity contribution is 7.10. The summed E-state index contributed by atoms with van der Waals surface area (Å²) in [7, 11) is 0. The molecule has 0 atom stereocenters. The average Bonchev–Trinajstić information content (AvgIpc) is 2.66. The molecule has 0 aromatic carbocycles. The summed E-state index contributed by atoms with van der Waals surface area (Å²) < 4.78 is 0. The van der Waals surface area contributed by atoms with Crippen molar-refractivity contribution in [3.05, 3.63) is 21.9 Å². The maximum Gasteiger partial charge on any atom is 0.0558 e. The zero-order valence-corrected chi connectivity index (χ0v) is 9.96. The van der Waals surface area contributed by atoms with Crippen LogP contribution in [0.2, 0.25) is 0 Å². The minimum absolute atomic E-state index is 0.145. The van der Waals surface area contributed by atoms with E-state index >= 15 is 0 Å². The highest BCUT2D eigenvalue weighted by Crippen LogP contribution is 2.16. The maximum atomic E-state index is 8.87. The van der Waals surface area contributed by atoms with Crippen molar-refractivity contribution < 1.29 is 10.2 Å². The fourth-order valence-corrected chi connectivity index (χ4v) is 2.48. The molecular formula is C11H19NO2S. The molecule has 86 valence electrons. The van der Waals surface area contributed by atoms with E-state index in [9.17, 15) is 0 Å². The quantitative estimate of drug-likeness (QED) is 0.736. The summed E-state index contributed by atoms with van der Waals surface area (Å²) >= 11 is 1.75. The van der Waals surface area contributed by atoms with Gasteiger partial charge in [0.2, 0.25) is 0 Å². The molecule has 0 spiro atoms. The Morgan fingerprint density at radius 3 is 2.40 bits per heavy atom. The zero-order chi connectivity index (χ0) is 11.1. The highest BCUT2D eigenvalue weighted by Gasteiger charge is 2.06. The standard InChI is InChI=1S/C11H19NO2S/c1-2-10-7-11(15-9-10)8-12(3-5-13)4-6-14/h7,9,13-14H,2-6,8H2,1H3. The molecule has 0 radical (unpaired) electrons. The van der Waals surface area contributed by atoms with E-state index in [1.54, 1.807) is 11.3 Å². The van der Waals surface area contributed by atoms with Crippen LogP contribution in [-0.2, 0) is 13.0 Å². The highest BCUT2D eigenvalue weighted by atomic mass is 32.1. The summed E-state index contributed by atoms with van der Waals surface area (Å²) in [5, 5.41) is 19.9. The van der Waals surface area contributed by atoms with Gasteiger partial charge in [0.1, 0.15) is 0 Å². The molecule has 15 heavy (non-hydrogen) atoms. The molecule has 0 fully saturated rings. The van der Waals surface area contributed by atoms with Gasteiger partial charge in [-0.05, 0) is 23.4 Å². The lowest BCUT2D eigenvalue weighted by atomic mass is 10.2. The third-order valence-electron chi connectivity index (χ3n) is 2.33. The normalized spacial score (nSPS) is 11.2. The molecule has 0 aliphatic heterocycles. The van der Waals surface area contributed by atoms with Crippen LogP contribution in [-0.4, -0.2) is 41.4 Å². The van der Waals surface area contributed by atoms with E-state index in [1.807, 2.05) is 0 Å². The van der Waals surface area contributed by atoms with Crippen LogP contribution in [0, 0.1) is 0 Å². The monoisotopic (exact) mass is 229 g/mol. The molecule has 1 aromatic heterocycles. The van der Waals surface area contributed by atoms with Crippen LogP contribution in [0.5, 0.6) is 0 Å². The molecular weight excluding hydrogens is 210 g/mol. The van der Waals surface area contributed by atoms with E-state index < -0.39 is 0 Å². The molecule has 1 aromatic rings. The maximum absolute atomic E-state index is 8.87. The lowest BCUT2D eigenvalue weighted by Crippen LogP contribution is -2.28. The second-order valence-corrected chi connectivity index (χ2v) is 4.49. The van der Waals surface area contributed by atoms with Gasteiger partial charge in [-0.2, -0.15) is 0 Å². The van der Waals surface area contributed by atoms with Gasteiger partial charge < -0.3 is 10.2 Å². The van der Waals surface area contributed by atoms with Crippen LogP contribution in [0.3, 0.4) is 0 Å². The van der Waals surface area contributed by atoms with Crippen molar-refractivity contribution in [1.82, 2.24) is 4.90 Å². The fraction of sp³-hybridized carbons (Fsp3) is 0.636. The number of rotatable bonds is 7. The van der Waals surface area contributed by atoms with Crippen LogP contribution in [0.4, 0.5) is 0 Å². The third kappa shape index (κ3) is 4.30. The number of thiophene rings is 1. The van der Waals surface area contributed by atoms with Gasteiger partial charge in [0.15, 0.2) is 0 Å². The van der Waals surface area contributed by atoms with Crippen LogP contribution in [0.15, 0.2) is 11.4 Å². The van der Waals surface area contributed by atoms with Gasteiger partial charge in [-0.3, -0.25) is 4.90 Å². The summed E-state index contributed by atoms with van der Waals surface area (Å²) in [4.78, 5) is 3.36. The Morgan fingerprint density at radius 2 is 1.93 bits per heavy atom. The molecule has 3 nitrogen and oxygen atoms in total. The van der Waals surface area contributed by atoms with Gasteiger partial charge in [-0.25, -0.2) is 0 Å². The van der Waals surface area contributed by atoms with Crippen LogP contribution in [0.1, 0.15) is 17.4 Å². The van der Waals surface area contributed by atoms with Crippen molar-refractivity contribution >= 4 is 11.3 Å². The van der Waals surface area contributed by atoms with Crippen molar-refractivity contribution in [2.75, 3.05) is 26.3 Å². The van der Waals surface area contributed by atoms with Crippen LogP contribution in [0.25, 0.3) is 0 Å². The summed E-state index contributed by atoms with van der Waals surface area (Å²) in [5.74, 6) is 0. The second-order valence-electron chi connectivity index (χ2n) is 3.50. The molecule has 0 saturated heterocycles. The molecule has 0 unspecified atom stereocenters. The van der Waals surface area contributed by atoms with Crippen LogP contribution >= 0.6 is 11.3 Å². The summed E-state index contributed by atoms with van der Waals surface area (Å²) in [6.45, 7) is 4.51. The summed E-state index contributed by atoms with van der Waals surface area (Å²) in [6.07, 6.45) is 1.07. The number of hydrogen-bond acceptors (Lipinski definition) is 4. The number of nitrogens with zero attached hydrogens (tertiary/aromatic N) is 1. The molecule has 1 rings (SSSR count). The number of aryl methyl sites for hydroxylation is 1. The Morgan fingerprint density at radius 1 is 1.27 bits per heavy atom. The van der Waals surface area contributed by atoms with Crippen molar-refractivity contribution in [3.8, 4) is 0 Å². The number of hydrogen-bond donors (Lipinski definition) is 2. The fourth-order valence-electron chi connectivity index (χ4n) is 1.47. The first-order chi connectivity index (χ1) is 7.30. The van der Waals surface area contributed by atoms with Gasteiger partial charge in [-0.15, -0.1) is 11.3 Å². The number of aliphatic hydroxyl groups is 2. The topological polar surface area (TPSA) is 43.7 Å². The van der Waals surface area contributed by atoms with Gasteiger partial charge in [0.25, 0.3) is 0 Å². The largest absolute Gasteiger partial charge is 0.395 e. The third-order valence-corrected chi connectivity index (χ3v) is 3.30. The molecule has 0 saturated carbocycles. The van der Waals surface area contributed by atoms with Crippen molar-refractivity contribution in [1.29, 1.82) is 0 Å². The molecule has 1 heterocycles. The molecule has 4 heteroatoms. The Hall–Kier alpha value is -0.420. The first kappa shape index (κ1) is 12.6. The van der Waals surface area contributed by atoms with Gasteiger partial charge in [0.05, 0.1) is 13.2 Å². The van der Waals surface area contributed by atoms with Crippen molar-refractivity contribution in [2.24, 2.45) is 0 Å². The van der Waals surface area contributed by atoms with E-state index in [-0.39, 0.29) is 13.2 Å². The Balaban J connectivity index is 2.48. The Bertz CT molecular complexity index is 269. The lowest BCUT2D eigenvalue weighted by Gasteiger charge is -2.18. The molecule has 0 aliphatic carbocycles. The van der Waals surface area contributed by atoms with Gasteiger partial charge >= 0.3 is 0 Å². The molecule has 0 aliphatic rings. The molecule has 0 amide bonds. The van der Waals surface area contributed by atoms with E-state index in [0.29, 0.717) is 13.1 Å². The van der Waals surface area contributed by atoms with Gasteiger partial charge in [0, 0.05) is 24.5 Å². The SMILES string of the molecule is CCc1csc(CN(CCO)CCO)c1. The van der Waals surface area contributed by atoms with E-state index in [4.69, 9.17) is 10.2 Å². The van der Waals surface area contributed by atoms with E-state index in [2.05, 4.69) is 23.3 Å². The number of aliphatic hydroxyl groups excluding tert-OH is 2. The predicted molar refractivity (Wildman–Crippen MR) is 63.1 cm³/mol. The van der Waals surface area contributed by atoms with E-state index in [1.165, 1.54) is 10.4 Å². The average molecular weight is 229 g/mol. The Labute approximate surface area is 95.0 Å². The minimum Gasteiger partial charge on any atom is -0.395 e. The first-order valence-corrected chi connectivity index (χ1v) is 6.18. The van der Waals surface area contributed by atoms with Gasteiger partial charge in [-0.1, -0.05) is 6.92 Å². The summed E-state index contributed by atoms with van der Waals surface area (Å²) in [6, 6.07) is 2.20. The van der Waals surface area contributed by atoms with Crippen molar-refractivity contribution in [3.63, 3.8) is 0 Å². The van der Waals surface area contributed by atoms with Crippen molar-refractivity contribution in [2.45, 2.75) is 19.9 Å². The lowest BCUT2D eigenvalue weighted by molar-refractivity contribution is 0.157. The first-order valence-electron chi connectivity index (χ1n) is 5.30. The molecule has 0 bridgehead atoms. The molecule has 2 N–H and O–H groups in total. The zero-order valence-electron chi connectivity index (χ0n) is 9.15. The Kier molecular flexibility index (Phi) is 5.86. The minimum atomic E-state index is 0.145.